The van der Waals surface area contributed by atoms with Gasteiger partial charge in [-0.1, -0.05) is 30.3 Å². The smallest absolute Gasteiger partial charge is 0.328 e. The minimum Gasteiger partial charge on any atom is -0.478 e. The Morgan fingerprint density at radius 2 is 1.94 bits per heavy atom. The molecular formula is C15H10O3. The predicted molar refractivity (Wildman–Crippen MR) is 70.4 cm³/mol. The second-order valence-corrected chi connectivity index (χ2v) is 4.02. The van der Waals surface area contributed by atoms with Gasteiger partial charge in [-0.25, -0.2) is 4.79 Å². The summed E-state index contributed by atoms with van der Waals surface area (Å²) >= 11 is 0. The summed E-state index contributed by atoms with van der Waals surface area (Å²) in [7, 11) is 0. The van der Waals surface area contributed by atoms with Crippen LogP contribution >= 0.6 is 0 Å². The molecule has 3 heteroatoms. The Bertz CT molecular complexity index is 766. The van der Waals surface area contributed by atoms with Gasteiger partial charge in [-0.05, 0) is 29.0 Å². The van der Waals surface area contributed by atoms with Crippen molar-refractivity contribution in [1.29, 1.82) is 0 Å². The molecule has 0 fully saturated rings. The van der Waals surface area contributed by atoms with Crippen LogP contribution in [0.5, 0.6) is 0 Å². The van der Waals surface area contributed by atoms with Crippen LogP contribution in [0.1, 0.15) is 5.76 Å². The molecule has 0 radical (unpaired) electrons. The molecule has 0 atom stereocenters. The van der Waals surface area contributed by atoms with Crippen LogP contribution < -0.4 is 0 Å². The van der Waals surface area contributed by atoms with Crippen molar-refractivity contribution in [3.63, 3.8) is 0 Å². The molecule has 2 aromatic carbocycles. The third kappa shape index (κ3) is 1.76. The fourth-order valence-electron chi connectivity index (χ4n) is 2.05. The third-order valence-electron chi connectivity index (χ3n) is 2.84. The molecule has 0 aliphatic heterocycles. The van der Waals surface area contributed by atoms with Crippen LogP contribution in [0.3, 0.4) is 0 Å². The number of fused-ring (bicyclic) bond motifs is 3. The second kappa shape index (κ2) is 4.04. The van der Waals surface area contributed by atoms with Gasteiger partial charge in [-0.2, -0.15) is 0 Å². The van der Waals surface area contributed by atoms with Crippen molar-refractivity contribution in [2.24, 2.45) is 0 Å². The average Bonchev–Trinajstić information content (AvgIpc) is 2.79. The van der Waals surface area contributed by atoms with Crippen molar-refractivity contribution in [3.8, 4) is 0 Å². The van der Waals surface area contributed by atoms with E-state index in [-0.39, 0.29) is 0 Å². The Hall–Kier alpha value is -2.55. The highest BCUT2D eigenvalue weighted by atomic mass is 16.4. The maximum absolute atomic E-state index is 10.5. The molecule has 18 heavy (non-hydrogen) atoms. The summed E-state index contributed by atoms with van der Waals surface area (Å²) < 4.78 is 5.58. The molecule has 1 aromatic heterocycles. The zero-order valence-electron chi connectivity index (χ0n) is 9.46. The molecule has 0 bridgehead atoms. The van der Waals surface area contributed by atoms with Crippen LogP contribution in [0.15, 0.2) is 53.0 Å². The summed E-state index contributed by atoms with van der Waals surface area (Å²) in [6.07, 6.45) is 2.52. The first-order valence-electron chi connectivity index (χ1n) is 5.56. The summed E-state index contributed by atoms with van der Waals surface area (Å²) in [6, 6.07) is 13.8. The Labute approximate surface area is 103 Å². The molecule has 1 N–H and O–H groups in total. The van der Waals surface area contributed by atoms with Crippen molar-refractivity contribution in [2.45, 2.75) is 0 Å². The Morgan fingerprint density at radius 3 is 2.78 bits per heavy atom. The Kier molecular flexibility index (Phi) is 2.38. The van der Waals surface area contributed by atoms with E-state index in [9.17, 15) is 4.79 Å². The lowest BCUT2D eigenvalue weighted by Gasteiger charge is -1.96. The SMILES string of the molecule is O=C(O)C=Cc1cc2c(ccc3ccccc32)o1. The molecule has 1 heterocycles. The molecule has 88 valence electrons. The van der Waals surface area contributed by atoms with E-state index in [1.54, 1.807) is 0 Å². The fraction of sp³-hybridized carbons (Fsp3) is 0. The number of aliphatic carboxylic acids is 1. The van der Waals surface area contributed by atoms with Gasteiger partial charge in [0.15, 0.2) is 0 Å². The molecule has 0 saturated heterocycles. The maximum Gasteiger partial charge on any atom is 0.328 e. The molecule has 0 aliphatic carbocycles. The van der Waals surface area contributed by atoms with Gasteiger partial charge >= 0.3 is 5.97 Å². The lowest BCUT2D eigenvalue weighted by Crippen LogP contribution is -1.84. The zero-order valence-corrected chi connectivity index (χ0v) is 9.46. The van der Waals surface area contributed by atoms with Crippen molar-refractivity contribution >= 4 is 33.8 Å². The number of carboxylic acids is 1. The molecule has 0 saturated carbocycles. The average molecular weight is 238 g/mol. The first kappa shape index (κ1) is 10.6. The Morgan fingerprint density at radius 1 is 1.11 bits per heavy atom. The summed E-state index contributed by atoms with van der Waals surface area (Å²) in [5.41, 5.74) is 0.763. The van der Waals surface area contributed by atoms with E-state index < -0.39 is 5.97 Å². The number of benzene rings is 2. The van der Waals surface area contributed by atoms with Gasteiger partial charge in [-0.3, -0.25) is 0 Å². The quantitative estimate of drug-likeness (QED) is 0.693. The van der Waals surface area contributed by atoms with E-state index in [0.29, 0.717) is 5.76 Å². The number of carboxylic acid groups (broad SMARTS) is 1. The molecule has 3 nitrogen and oxygen atoms in total. The Balaban J connectivity index is 2.22. The van der Waals surface area contributed by atoms with Crippen LogP contribution in [0.25, 0.3) is 27.8 Å². The number of furan rings is 1. The molecule has 0 amide bonds. The lowest BCUT2D eigenvalue weighted by atomic mass is 10.1. The topological polar surface area (TPSA) is 50.4 Å². The summed E-state index contributed by atoms with van der Waals surface area (Å²) in [4.78, 5) is 10.5. The van der Waals surface area contributed by atoms with Crippen LogP contribution in [-0.2, 0) is 4.79 Å². The monoisotopic (exact) mass is 238 g/mol. The van der Waals surface area contributed by atoms with Crippen LogP contribution in [0.2, 0.25) is 0 Å². The van der Waals surface area contributed by atoms with E-state index in [1.807, 2.05) is 42.5 Å². The molecule has 0 spiro atoms. The van der Waals surface area contributed by atoms with Crippen LogP contribution in [0.4, 0.5) is 0 Å². The predicted octanol–water partition coefficient (Wildman–Crippen LogP) is 3.68. The standard InChI is InChI=1S/C15H10O3/c16-15(17)8-6-11-9-13-12-4-2-1-3-10(12)5-7-14(13)18-11/h1-9H,(H,16,17). The minimum absolute atomic E-state index is 0.545. The molecule has 3 aromatic rings. The third-order valence-corrected chi connectivity index (χ3v) is 2.84. The molecular weight excluding hydrogens is 228 g/mol. The van der Waals surface area contributed by atoms with Gasteiger partial charge in [0.25, 0.3) is 0 Å². The van der Waals surface area contributed by atoms with Gasteiger partial charge in [0.05, 0.1) is 0 Å². The van der Waals surface area contributed by atoms with E-state index >= 15 is 0 Å². The van der Waals surface area contributed by atoms with E-state index in [1.165, 1.54) is 6.08 Å². The van der Waals surface area contributed by atoms with Gasteiger partial charge in [0.2, 0.25) is 0 Å². The van der Waals surface area contributed by atoms with E-state index in [0.717, 1.165) is 27.8 Å². The minimum atomic E-state index is -0.986. The number of hydrogen-bond donors (Lipinski definition) is 1. The molecule has 3 rings (SSSR count). The van der Waals surface area contributed by atoms with Crippen molar-refractivity contribution in [2.75, 3.05) is 0 Å². The fourth-order valence-corrected chi connectivity index (χ4v) is 2.05. The molecule has 0 aliphatic rings. The van der Waals surface area contributed by atoms with E-state index in [4.69, 9.17) is 9.52 Å². The zero-order chi connectivity index (χ0) is 12.5. The molecule has 0 unspecified atom stereocenters. The van der Waals surface area contributed by atoms with Gasteiger partial charge in [0, 0.05) is 11.5 Å². The highest BCUT2D eigenvalue weighted by Crippen LogP contribution is 2.28. The van der Waals surface area contributed by atoms with E-state index in [2.05, 4.69) is 0 Å². The van der Waals surface area contributed by atoms with Crippen molar-refractivity contribution in [1.82, 2.24) is 0 Å². The van der Waals surface area contributed by atoms with Crippen molar-refractivity contribution in [3.05, 3.63) is 54.3 Å². The van der Waals surface area contributed by atoms with Gasteiger partial charge in [-0.15, -0.1) is 0 Å². The number of hydrogen-bond acceptors (Lipinski definition) is 2. The van der Waals surface area contributed by atoms with Gasteiger partial charge in [0.1, 0.15) is 11.3 Å². The lowest BCUT2D eigenvalue weighted by molar-refractivity contribution is -0.131. The van der Waals surface area contributed by atoms with Crippen LogP contribution in [0, 0.1) is 0 Å². The van der Waals surface area contributed by atoms with Crippen molar-refractivity contribution < 1.29 is 14.3 Å². The highest BCUT2D eigenvalue weighted by Gasteiger charge is 2.05. The number of rotatable bonds is 2. The summed E-state index contributed by atoms with van der Waals surface area (Å²) in [5, 5.41) is 11.8. The highest BCUT2D eigenvalue weighted by molar-refractivity contribution is 6.06. The first-order chi connectivity index (χ1) is 8.74. The first-order valence-corrected chi connectivity index (χ1v) is 5.56. The maximum atomic E-state index is 10.5. The summed E-state index contributed by atoms with van der Waals surface area (Å²) in [5.74, 6) is -0.441. The summed E-state index contributed by atoms with van der Waals surface area (Å²) in [6.45, 7) is 0. The normalized spacial score (nSPS) is 11.6. The number of carbonyl (C=O) groups is 1. The van der Waals surface area contributed by atoms with Gasteiger partial charge < -0.3 is 9.52 Å². The largest absolute Gasteiger partial charge is 0.478 e. The van der Waals surface area contributed by atoms with Crippen LogP contribution in [-0.4, -0.2) is 11.1 Å². The second-order valence-electron chi connectivity index (χ2n) is 4.02.